The van der Waals surface area contributed by atoms with E-state index in [0.29, 0.717) is 21.9 Å². The van der Waals surface area contributed by atoms with E-state index < -0.39 is 11.9 Å². The fourth-order valence-electron chi connectivity index (χ4n) is 2.45. The molecule has 3 aromatic carbocycles. The Morgan fingerprint density at radius 1 is 1.06 bits per heavy atom. The van der Waals surface area contributed by atoms with Gasteiger partial charge in [-0.2, -0.15) is 5.10 Å². The maximum Gasteiger partial charge on any atom is 0.343 e. The molecule has 0 heterocycles. The van der Waals surface area contributed by atoms with Crippen LogP contribution in [0.4, 0.5) is 0 Å². The summed E-state index contributed by atoms with van der Waals surface area (Å²) in [6.07, 6.45) is 1.39. The molecule has 1 N–H and O–H groups in total. The Balaban J connectivity index is 1.61. The normalized spacial score (nSPS) is 10.7. The van der Waals surface area contributed by atoms with Gasteiger partial charge in [0.25, 0.3) is 5.91 Å². The highest BCUT2D eigenvalue weighted by Gasteiger charge is 2.12. The maximum atomic E-state index is 12.4. The zero-order chi connectivity index (χ0) is 22.2. The number of ether oxygens (including phenoxy) is 2. The summed E-state index contributed by atoms with van der Waals surface area (Å²) in [5.74, 6) is -0.0825. The number of rotatable bonds is 7. The number of amides is 1. The molecule has 158 valence electrons. The summed E-state index contributed by atoms with van der Waals surface area (Å²) in [5.41, 5.74) is 4.34. The first kappa shape index (κ1) is 22.5. The van der Waals surface area contributed by atoms with Crippen molar-refractivity contribution >= 4 is 45.6 Å². The van der Waals surface area contributed by atoms with E-state index >= 15 is 0 Å². The van der Waals surface area contributed by atoms with Crippen LogP contribution in [0.2, 0.25) is 5.02 Å². The highest BCUT2D eigenvalue weighted by atomic mass is 79.9. The van der Waals surface area contributed by atoms with Gasteiger partial charge in [-0.25, -0.2) is 10.2 Å². The molecule has 0 aliphatic heterocycles. The van der Waals surface area contributed by atoms with Crippen LogP contribution in [0.3, 0.4) is 0 Å². The van der Waals surface area contributed by atoms with E-state index in [9.17, 15) is 9.59 Å². The van der Waals surface area contributed by atoms with Gasteiger partial charge in [0.2, 0.25) is 0 Å². The Bertz CT molecular complexity index is 1100. The second kappa shape index (κ2) is 10.7. The average molecular weight is 502 g/mol. The third kappa shape index (κ3) is 6.94. The molecule has 0 bridgehead atoms. The largest absolute Gasteiger partial charge is 0.484 e. The molecule has 8 heteroatoms. The van der Waals surface area contributed by atoms with Crippen LogP contribution in [-0.2, 0) is 4.79 Å². The topological polar surface area (TPSA) is 77.0 Å². The first-order valence-corrected chi connectivity index (χ1v) is 10.4. The zero-order valence-corrected chi connectivity index (χ0v) is 18.8. The molecule has 0 fully saturated rings. The number of esters is 1. The molecular formula is C23H18BrClN2O4. The zero-order valence-electron chi connectivity index (χ0n) is 16.5. The molecule has 3 aromatic rings. The molecule has 0 atom stereocenters. The van der Waals surface area contributed by atoms with Crippen molar-refractivity contribution in [2.24, 2.45) is 5.10 Å². The lowest BCUT2D eigenvalue weighted by Gasteiger charge is -2.08. The molecule has 0 spiro atoms. The number of hydrogen-bond acceptors (Lipinski definition) is 5. The van der Waals surface area contributed by atoms with Gasteiger partial charge < -0.3 is 9.47 Å². The number of carbonyl (C=O) groups excluding carboxylic acids is 2. The monoisotopic (exact) mass is 500 g/mol. The lowest BCUT2D eigenvalue weighted by molar-refractivity contribution is -0.123. The second-order valence-corrected chi connectivity index (χ2v) is 7.83. The van der Waals surface area contributed by atoms with Crippen molar-refractivity contribution < 1.29 is 19.1 Å². The van der Waals surface area contributed by atoms with Crippen LogP contribution in [0, 0.1) is 6.92 Å². The number of nitrogens with zero attached hydrogens (tertiary/aromatic N) is 1. The Morgan fingerprint density at radius 3 is 2.48 bits per heavy atom. The predicted molar refractivity (Wildman–Crippen MR) is 123 cm³/mol. The van der Waals surface area contributed by atoms with Gasteiger partial charge in [0.1, 0.15) is 11.5 Å². The Hall–Kier alpha value is -3.16. The molecule has 0 radical (unpaired) electrons. The Kier molecular flexibility index (Phi) is 7.81. The van der Waals surface area contributed by atoms with Crippen LogP contribution in [0.1, 0.15) is 21.5 Å². The van der Waals surface area contributed by atoms with Crippen molar-refractivity contribution in [3.63, 3.8) is 0 Å². The Morgan fingerprint density at radius 2 is 1.77 bits per heavy atom. The Labute approximate surface area is 193 Å². The number of halogens is 2. The highest BCUT2D eigenvalue weighted by Crippen LogP contribution is 2.23. The summed E-state index contributed by atoms with van der Waals surface area (Å²) in [4.78, 5) is 24.3. The third-order valence-electron chi connectivity index (χ3n) is 4.04. The smallest absolute Gasteiger partial charge is 0.343 e. The van der Waals surface area contributed by atoms with Crippen molar-refractivity contribution in [2.75, 3.05) is 6.61 Å². The molecule has 31 heavy (non-hydrogen) atoms. The van der Waals surface area contributed by atoms with Crippen LogP contribution in [0.25, 0.3) is 0 Å². The van der Waals surface area contributed by atoms with Crippen LogP contribution in [0.5, 0.6) is 11.5 Å². The first-order chi connectivity index (χ1) is 14.9. The van der Waals surface area contributed by atoms with Crippen LogP contribution < -0.4 is 14.9 Å². The van der Waals surface area contributed by atoms with Gasteiger partial charge in [0.05, 0.1) is 11.8 Å². The van der Waals surface area contributed by atoms with Gasteiger partial charge in [0.15, 0.2) is 6.61 Å². The molecule has 0 aliphatic rings. The van der Waals surface area contributed by atoms with E-state index in [1.807, 2.05) is 19.1 Å². The molecule has 0 saturated heterocycles. The quantitative estimate of drug-likeness (QED) is 0.210. The standard InChI is InChI=1S/C23H18BrClN2O4/c1-15-2-9-20(10-3-15)30-14-22(28)27-26-13-17-12-18(24)6-11-21(17)31-23(29)16-4-7-19(25)8-5-16/h2-13H,14H2,1H3,(H,27,28). The highest BCUT2D eigenvalue weighted by molar-refractivity contribution is 9.10. The summed E-state index contributed by atoms with van der Waals surface area (Å²) >= 11 is 9.22. The van der Waals surface area contributed by atoms with E-state index in [2.05, 4.69) is 26.5 Å². The van der Waals surface area contributed by atoms with Crippen molar-refractivity contribution in [3.05, 3.63) is 92.9 Å². The second-order valence-electron chi connectivity index (χ2n) is 6.47. The predicted octanol–water partition coefficient (Wildman–Crippen LogP) is 5.16. The van der Waals surface area contributed by atoms with Crippen molar-refractivity contribution in [2.45, 2.75) is 6.92 Å². The molecule has 1 amide bonds. The van der Waals surface area contributed by atoms with E-state index in [0.717, 1.165) is 10.0 Å². The fourth-order valence-corrected chi connectivity index (χ4v) is 2.95. The summed E-state index contributed by atoms with van der Waals surface area (Å²) in [7, 11) is 0. The van der Waals surface area contributed by atoms with E-state index in [1.54, 1.807) is 54.6 Å². The molecule has 3 rings (SSSR count). The number of aryl methyl sites for hydroxylation is 1. The fraction of sp³-hybridized carbons (Fsp3) is 0.0870. The number of hydrogen-bond donors (Lipinski definition) is 1. The maximum absolute atomic E-state index is 12.4. The summed E-state index contributed by atoms with van der Waals surface area (Å²) < 4.78 is 11.6. The molecule has 0 saturated carbocycles. The van der Waals surface area contributed by atoms with Gasteiger partial charge >= 0.3 is 5.97 Å². The van der Waals surface area contributed by atoms with E-state index in [4.69, 9.17) is 21.1 Å². The number of hydrazone groups is 1. The minimum Gasteiger partial charge on any atom is -0.484 e. The van der Waals surface area contributed by atoms with Crippen LogP contribution in [-0.4, -0.2) is 24.7 Å². The molecular weight excluding hydrogens is 484 g/mol. The van der Waals surface area contributed by atoms with Crippen LogP contribution in [0.15, 0.2) is 76.3 Å². The minimum absolute atomic E-state index is 0.183. The number of benzene rings is 3. The first-order valence-electron chi connectivity index (χ1n) is 9.19. The average Bonchev–Trinajstić information content (AvgIpc) is 2.75. The molecule has 0 unspecified atom stereocenters. The molecule has 0 aromatic heterocycles. The van der Waals surface area contributed by atoms with Gasteiger partial charge in [0, 0.05) is 15.1 Å². The summed E-state index contributed by atoms with van der Waals surface area (Å²) in [6, 6.07) is 18.8. The summed E-state index contributed by atoms with van der Waals surface area (Å²) in [6.45, 7) is 1.78. The lowest BCUT2D eigenvalue weighted by Crippen LogP contribution is -2.24. The minimum atomic E-state index is -0.538. The van der Waals surface area contributed by atoms with E-state index in [-0.39, 0.29) is 12.4 Å². The van der Waals surface area contributed by atoms with Crippen LogP contribution >= 0.6 is 27.5 Å². The van der Waals surface area contributed by atoms with Gasteiger partial charge in [-0.1, -0.05) is 45.2 Å². The summed E-state index contributed by atoms with van der Waals surface area (Å²) in [5, 5.41) is 4.45. The molecule has 6 nitrogen and oxygen atoms in total. The van der Waals surface area contributed by atoms with Gasteiger partial charge in [-0.05, 0) is 61.5 Å². The van der Waals surface area contributed by atoms with Gasteiger partial charge in [-0.15, -0.1) is 0 Å². The third-order valence-corrected chi connectivity index (χ3v) is 4.78. The lowest BCUT2D eigenvalue weighted by atomic mass is 10.2. The van der Waals surface area contributed by atoms with Gasteiger partial charge in [-0.3, -0.25) is 4.79 Å². The van der Waals surface area contributed by atoms with Crippen molar-refractivity contribution in [1.29, 1.82) is 0 Å². The van der Waals surface area contributed by atoms with E-state index in [1.165, 1.54) is 6.21 Å². The molecule has 0 aliphatic carbocycles. The van der Waals surface area contributed by atoms with Crippen molar-refractivity contribution in [1.82, 2.24) is 5.43 Å². The number of nitrogens with one attached hydrogen (secondary N) is 1. The van der Waals surface area contributed by atoms with Crippen molar-refractivity contribution in [3.8, 4) is 11.5 Å². The SMILES string of the molecule is Cc1ccc(OCC(=O)NN=Cc2cc(Br)ccc2OC(=O)c2ccc(Cl)cc2)cc1. The number of carbonyl (C=O) groups is 2.